The van der Waals surface area contributed by atoms with Gasteiger partial charge in [0, 0.05) is 24.5 Å². The van der Waals surface area contributed by atoms with Crippen LogP contribution in [0.2, 0.25) is 0 Å². The summed E-state index contributed by atoms with van der Waals surface area (Å²) in [6, 6.07) is 17.7. The molecule has 0 aliphatic carbocycles. The Bertz CT molecular complexity index is 865. The number of nitrogens with one attached hydrogen (secondary N) is 2. The summed E-state index contributed by atoms with van der Waals surface area (Å²) in [7, 11) is 1.77. The lowest BCUT2D eigenvalue weighted by atomic mass is 9.96. The van der Waals surface area contributed by atoms with Crippen molar-refractivity contribution in [3.05, 3.63) is 60.2 Å². The van der Waals surface area contributed by atoms with E-state index in [0.29, 0.717) is 0 Å². The van der Waals surface area contributed by atoms with E-state index < -0.39 is 0 Å². The average molecular weight is 439 g/mol. The van der Waals surface area contributed by atoms with Crippen LogP contribution in [0.5, 0.6) is 0 Å². The van der Waals surface area contributed by atoms with Gasteiger partial charge < -0.3 is 20.3 Å². The summed E-state index contributed by atoms with van der Waals surface area (Å²) < 4.78 is 5.39. The maximum absolute atomic E-state index is 12.6. The zero-order chi connectivity index (χ0) is 22.9. The number of carbonyl (C=O) groups excluding carboxylic acids is 2. The Morgan fingerprint density at radius 1 is 0.969 bits per heavy atom. The molecular weight excluding hydrogens is 404 g/mol. The predicted octanol–water partition coefficient (Wildman–Crippen LogP) is 2.91. The molecule has 1 aliphatic heterocycles. The number of likely N-dealkylation sites (N-methyl/N-ethyl adjacent to an activating group) is 1. The predicted molar refractivity (Wildman–Crippen MR) is 128 cm³/mol. The van der Waals surface area contributed by atoms with Crippen LogP contribution in [0.25, 0.3) is 0 Å². The standard InChI is InChI=1S/C25H34N4O3/c1-19(2)25(20-7-5-4-6-8-20)27-24(31)18-28(3)17-23(30)26-21-9-11-22(12-10-21)29-13-15-32-16-14-29/h4-12,19,25H,13-18H2,1-3H3,(H,26,30)(H,27,31). The number of morpholine rings is 1. The maximum Gasteiger partial charge on any atom is 0.238 e. The molecule has 1 fully saturated rings. The number of amides is 2. The fourth-order valence-corrected chi connectivity index (χ4v) is 3.84. The third kappa shape index (κ3) is 7.07. The molecule has 2 aromatic carbocycles. The van der Waals surface area contributed by atoms with E-state index in [2.05, 4.69) is 29.4 Å². The Morgan fingerprint density at radius 2 is 1.59 bits per heavy atom. The average Bonchev–Trinajstić information content (AvgIpc) is 2.78. The van der Waals surface area contributed by atoms with E-state index >= 15 is 0 Å². The van der Waals surface area contributed by atoms with Crippen LogP contribution in [0.1, 0.15) is 25.5 Å². The van der Waals surface area contributed by atoms with Gasteiger partial charge in [-0.15, -0.1) is 0 Å². The zero-order valence-corrected chi connectivity index (χ0v) is 19.2. The highest BCUT2D eigenvalue weighted by Gasteiger charge is 2.19. The second-order valence-electron chi connectivity index (χ2n) is 8.57. The summed E-state index contributed by atoms with van der Waals surface area (Å²) in [6.45, 7) is 7.68. The SMILES string of the molecule is CC(C)C(NC(=O)CN(C)CC(=O)Nc1ccc(N2CCOCC2)cc1)c1ccccc1. The Hall–Kier alpha value is -2.90. The van der Waals surface area contributed by atoms with Crippen molar-refractivity contribution in [2.24, 2.45) is 5.92 Å². The molecule has 7 nitrogen and oxygen atoms in total. The molecule has 2 N–H and O–H groups in total. The van der Waals surface area contributed by atoms with Gasteiger partial charge in [-0.3, -0.25) is 14.5 Å². The van der Waals surface area contributed by atoms with E-state index in [-0.39, 0.29) is 36.9 Å². The van der Waals surface area contributed by atoms with E-state index in [0.717, 1.165) is 43.2 Å². The van der Waals surface area contributed by atoms with Gasteiger partial charge in [0.05, 0.1) is 32.3 Å². The van der Waals surface area contributed by atoms with Crippen molar-refractivity contribution >= 4 is 23.2 Å². The molecule has 0 saturated carbocycles. The monoisotopic (exact) mass is 438 g/mol. The summed E-state index contributed by atoms with van der Waals surface area (Å²) in [4.78, 5) is 29.0. The lowest BCUT2D eigenvalue weighted by Crippen LogP contribution is -2.41. The Balaban J connectivity index is 1.46. The highest BCUT2D eigenvalue weighted by molar-refractivity contribution is 5.92. The maximum atomic E-state index is 12.6. The summed E-state index contributed by atoms with van der Waals surface area (Å²) >= 11 is 0. The molecule has 0 radical (unpaired) electrons. The van der Waals surface area contributed by atoms with Crippen molar-refractivity contribution in [2.45, 2.75) is 19.9 Å². The summed E-state index contributed by atoms with van der Waals surface area (Å²) in [5.41, 5.74) is 2.95. The number of nitrogens with zero attached hydrogens (tertiary/aromatic N) is 2. The van der Waals surface area contributed by atoms with E-state index in [9.17, 15) is 9.59 Å². The Labute approximate surface area is 190 Å². The summed E-state index contributed by atoms with van der Waals surface area (Å²) in [5.74, 6) is 0.0102. The minimum absolute atomic E-state index is 0.0593. The Morgan fingerprint density at radius 3 is 2.22 bits per heavy atom. The fraction of sp³-hybridized carbons (Fsp3) is 0.440. The highest BCUT2D eigenvalue weighted by atomic mass is 16.5. The van der Waals surface area contributed by atoms with E-state index in [4.69, 9.17) is 4.74 Å². The van der Waals surface area contributed by atoms with Gasteiger partial charge >= 0.3 is 0 Å². The second-order valence-corrected chi connectivity index (χ2v) is 8.57. The largest absolute Gasteiger partial charge is 0.378 e. The van der Waals surface area contributed by atoms with Crippen molar-refractivity contribution in [1.82, 2.24) is 10.2 Å². The second kappa shape index (κ2) is 11.6. The van der Waals surface area contributed by atoms with Crippen LogP contribution in [-0.4, -0.2) is 63.2 Å². The molecule has 2 aromatic rings. The van der Waals surface area contributed by atoms with Gasteiger partial charge in [-0.1, -0.05) is 44.2 Å². The smallest absolute Gasteiger partial charge is 0.238 e. The van der Waals surface area contributed by atoms with Gasteiger partial charge in [0.25, 0.3) is 0 Å². The number of rotatable bonds is 9. The van der Waals surface area contributed by atoms with E-state index in [1.807, 2.05) is 54.6 Å². The number of ether oxygens (including phenoxy) is 1. The number of hydrogen-bond donors (Lipinski definition) is 2. The molecule has 2 amide bonds. The highest BCUT2D eigenvalue weighted by Crippen LogP contribution is 2.21. The van der Waals surface area contributed by atoms with Crippen molar-refractivity contribution in [3.63, 3.8) is 0 Å². The number of carbonyl (C=O) groups is 2. The van der Waals surface area contributed by atoms with Crippen LogP contribution >= 0.6 is 0 Å². The number of hydrogen-bond acceptors (Lipinski definition) is 5. The van der Waals surface area contributed by atoms with Gasteiger partial charge in [-0.2, -0.15) is 0 Å². The normalized spacial score (nSPS) is 15.0. The lowest BCUT2D eigenvalue weighted by Gasteiger charge is -2.29. The van der Waals surface area contributed by atoms with Crippen molar-refractivity contribution < 1.29 is 14.3 Å². The van der Waals surface area contributed by atoms with Crippen LogP contribution in [0, 0.1) is 5.92 Å². The molecule has 0 bridgehead atoms. The molecule has 7 heteroatoms. The van der Waals surface area contributed by atoms with Crippen LogP contribution < -0.4 is 15.5 Å². The molecule has 32 heavy (non-hydrogen) atoms. The van der Waals surface area contributed by atoms with Crippen LogP contribution in [0.15, 0.2) is 54.6 Å². The molecule has 1 saturated heterocycles. The van der Waals surface area contributed by atoms with Crippen molar-refractivity contribution in [3.8, 4) is 0 Å². The molecule has 0 aromatic heterocycles. The topological polar surface area (TPSA) is 73.9 Å². The van der Waals surface area contributed by atoms with Gasteiger partial charge in [0.15, 0.2) is 0 Å². The third-order valence-electron chi connectivity index (χ3n) is 5.50. The molecule has 1 atom stereocenters. The first-order valence-corrected chi connectivity index (χ1v) is 11.2. The van der Waals surface area contributed by atoms with Gasteiger partial charge in [-0.05, 0) is 42.8 Å². The van der Waals surface area contributed by atoms with Crippen molar-refractivity contribution in [1.29, 1.82) is 0 Å². The molecule has 3 rings (SSSR count). The zero-order valence-electron chi connectivity index (χ0n) is 19.2. The first-order chi connectivity index (χ1) is 15.4. The third-order valence-corrected chi connectivity index (χ3v) is 5.50. The molecular formula is C25H34N4O3. The number of benzene rings is 2. The van der Waals surface area contributed by atoms with Gasteiger partial charge in [-0.25, -0.2) is 0 Å². The first-order valence-electron chi connectivity index (χ1n) is 11.2. The lowest BCUT2D eigenvalue weighted by molar-refractivity contribution is -0.123. The molecule has 1 aliphatic rings. The first kappa shape index (κ1) is 23.8. The molecule has 172 valence electrons. The molecule has 0 spiro atoms. The van der Waals surface area contributed by atoms with Crippen LogP contribution in [-0.2, 0) is 14.3 Å². The summed E-state index contributed by atoms with van der Waals surface area (Å²) in [6.07, 6.45) is 0. The van der Waals surface area contributed by atoms with Gasteiger partial charge in [0.2, 0.25) is 11.8 Å². The van der Waals surface area contributed by atoms with Gasteiger partial charge in [0.1, 0.15) is 0 Å². The quantitative estimate of drug-likeness (QED) is 0.630. The summed E-state index contributed by atoms with van der Waals surface area (Å²) in [5, 5.41) is 6.00. The van der Waals surface area contributed by atoms with Crippen LogP contribution in [0.3, 0.4) is 0 Å². The number of anilines is 2. The van der Waals surface area contributed by atoms with E-state index in [1.165, 1.54) is 0 Å². The van der Waals surface area contributed by atoms with E-state index in [1.54, 1.807) is 11.9 Å². The van der Waals surface area contributed by atoms with Crippen LogP contribution in [0.4, 0.5) is 11.4 Å². The molecule has 1 unspecified atom stereocenters. The fourth-order valence-electron chi connectivity index (χ4n) is 3.84. The Kier molecular flexibility index (Phi) is 8.64. The molecule has 1 heterocycles. The minimum atomic E-state index is -0.150. The minimum Gasteiger partial charge on any atom is -0.378 e. The van der Waals surface area contributed by atoms with Crippen molar-refractivity contribution in [2.75, 3.05) is 56.7 Å².